The zero-order valence-electron chi connectivity index (χ0n) is 9.04. The van der Waals surface area contributed by atoms with Crippen LogP contribution in [0.25, 0.3) is 0 Å². The Bertz CT molecular complexity index is 224. The molecule has 1 heterocycles. The standard InChI is InChI=1S/C12H21NO/c1-9-7-8-14-12(9)11(13)10-5-3-2-4-6-10/h5,9,11-12H,2-4,6-8,13H2,1H3. The van der Waals surface area contributed by atoms with Crippen LogP contribution in [-0.4, -0.2) is 18.8 Å². The van der Waals surface area contributed by atoms with E-state index in [0.717, 1.165) is 6.61 Å². The molecule has 2 N–H and O–H groups in total. The molecule has 0 aromatic heterocycles. The number of nitrogens with two attached hydrogens (primary N) is 1. The Morgan fingerprint density at radius 1 is 1.50 bits per heavy atom. The lowest BCUT2D eigenvalue weighted by molar-refractivity contribution is 0.0803. The average molecular weight is 195 g/mol. The molecule has 0 spiro atoms. The number of allylic oxidation sites excluding steroid dienone is 1. The lowest BCUT2D eigenvalue weighted by atomic mass is 9.87. The molecule has 0 bridgehead atoms. The van der Waals surface area contributed by atoms with Gasteiger partial charge in [0, 0.05) is 6.61 Å². The Morgan fingerprint density at radius 2 is 2.36 bits per heavy atom. The van der Waals surface area contributed by atoms with E-state index in [0.29, 0.717) is 5.92 Å². The first-order chi connectivity index (χ1) is 6.79. The van der Waals surface area contributed by atoms with Gasteiger partial charge in [-0.2, -0.15) is 0 Å². The summed E-state index contributed by atoms with van der Waals surface area (Å²) in [5.74, 6) is 0.632. The van der Waals surface area contributed by atoms with Gasteiger partial charge in [0.1, 0.15) is 0 Å². The lowest BCUT2D eigenvalue weighted by Crippen LogP contribution is -2.39. The van der Waals surface area contributed by atoms with Gasteiger partial charge in [0.05, 0.1) is 12.1 Å². The van der Waals surface area contributed by atoms with E-state index in [2.05, 4.69) is 13.0 Å². The molecule has 2 rings (SSSR count). The molecule has 1 aliphatic heterocycles. The van der Waals surface area contributed by atoms with Crippen LogP contribution < -0.4 is 5.73 Å². The molecule has 2 aliphatic rings. The molecule has 0 aromatic carbocycles. The van der Waals surface area contributed by atoms with E-state index in [1.807, 2.05) is 0 Å². The Hall–Kier alpha value is -0.340. The normalized spacial score (nSPS) is 35.4. The van der Waals surface area contributed by atoms with Crippen LogP contribution in [-0.2, 0) is 4.74 Å². The minimum absolute atomic E-state index is 0.160. The highest BCUT2D eigenvalue weighted by Crippen LogP contribution is 2.28. The molecular formula is C12H21NO. The molecule has 3 atom stereocenters. The molecule has 2 heteroatoms. The van der Waals surface area contributed by atoms with Gasteiger partial charge in [0.2, 0.25) is 0 Å². The summed E-state index contributed by atoms with van der Waals surface area (Å²) in [6.07, 6.45) is 8.82. The fraction of sp³-hybridized carbons (Fsp3) is 0.833. The quantitative estimate of drug-likeness (QED) is 0.686. The fourth-order valence-electron chi connectivity index (χ4n) is 2.55. The van der Waals surface area contributed by atoms with Crippen LogP contribution in [0.5, 0.6) is 0 Å². The van der Waals surface area contributed by atoms with Crippen LogP contribution in [0, 0.1) is 5.92 Å². The zero-order valence-corrected chi connectivity index (χ0v) is 9.04. The fourth-order valence-corrected chi connectivity index (χ4v) is 2.55. The number of hydrogen-bond donors (Lipinski definition) is 1. The van der Waals surface area contributed by atoms with Crippen molar-refractivity contribution in [1.29, 1.82) is 0 Å². The van der Waals surface area contributed by atoms with Crippen LogP contribution in [0.2, 0.25) is 0 Å². The predicted octanol–water partition coefficient (Wildman–Crippen LogP) is 2.24. The number of ether oxygens (including phenoxy) is 1. The minimum Gasteiger partial charge on any atom is -0.376 e. The first-order valence-electron chi connectivity index (χ1n) is 5.85. The van der Waals surface area contributed by atoms with Crippen molar-refractivity contribution < 1.29 is 4.74 Å². The first kappa shape index (κ1) is 10.2. The van der Waals surface area contributed by atoms with Gasteiger partial charge in [-0.3, -0.25) is 0 Å². The second kappa shape index (κ2) is 4.45. The van der Waals surface area contributed by atoms with Crippen LogP contribution in [0.1, 0.15) is 39.0 Å². The predicted molar refractivity (Wildman–Crippen MR) is 58.0 cm³/mol. The van der Waals surface area contributed by atoms with E-state index in [-0.39, 0.29) is 12.1 Å². The van der Waals surface area contributed by atoms with Crippen molar-refractivity contribution in [3.63, 3.8) is 0 Å². The maximum absolute atomic E-state index is 6.25. The Balaban J connectivity index is 1.99. The van der Waals surface area contributed by atoms with Crippen molar-refractivity contribution in [1.82, 2.24) is 0 Å². The van der Waals surface area contributed by atoms with E-state index in [1.54, 1.807) is 0 Å². The zero-order chi connectivity index (χ0) is 9.97. The average Bonchev–Trinajstić information content (AvgIpc) is 2.65. The van der Waals surface area contributed by atoms with Gasteiger partial charge in [-0.1, -0.05) is 18.6 Å². The first-order valence-corrected chi connectivity index (χ1v) is 5.85. The smallest absolute Gasteiger partial charge is 0.0790 e. The Labute approximate surface area is 86.5 Å². The van der Waals surface area contributed by atoms with Crippen molar-refractivity contribution in [3.05, 3.63) is 11.6 Å². The molecule has 3 unspecified atom stereocenters. The van der Waals surface area contributed by atoms with Gasteiger partial charge < -0.3 is 10.5 Å². The molecule has 2 nitrogen and oxygen atoms in total. The summed E-state index contributed by atoms with van der Waals surface area (Å²) < 4.78 is 5.71. The van der Waals surface area contributed by atoms with E-state index >= 15 is 0 Å². The van der Waals surface area contributed by atoms with Crippen molar-refractivity contribution >= 4 is 0 Å². The Kier molecular flexibility index (Phi) is 3.24. The topological polar surface area (TPSA) is 35.2 Å². The van der Waals surface area contributed by atoms with Gasteiger partial charge in [-0.15, -0.1) is 0 Å². The molecule has 80 valence electrons. The SMILES string of the molecule is CC1CCOC1C(N)C1=CCCCC1. The molecule has 0 aromatic rings. The molecule has 0 radical (unpaired) electrons. The van der Waals surface area contributed by atoms with Crippen LogP contribution in [0.3, 0.4) is 0 Å². The number of hydrogen-bond acceptors (Lipinski definition) is 2. The van der Waals surface area contributed by atoms with Crippen molar-refractivity contribution in [2.75, 3.05) is 6.61 Å². The van der Waals surface area contributed by atoms with Crippen molar-refractivity contribution in [2.45, 2.75) is 51.2 Å². The summed E-state index contributed by atoms with van der Waals surface area (Å²) in [4.78, 5) is 0. The molecule has 1 saturated heterocycles. The monoisotopic (exact) mass is 195 g/mol. The minimum atomic E-state index is 0.160. The van der Waals surface area contributed by atoms with E-state index in [1.165, 1.54) is 37.7 Å². The third-order valence-electron chi connectivity index (χ3n) is 3.55. The van der Waals surface area contributed by atoms with Crippen LogP contribution in [0.4, 0.5) is 0 Å². The van der Waals surface area contributed by atoms with E-state index in [9.17, 15) is 0 Å². The van der Waals surface area contributed by atoms with Gasteiger partial charge in [0.25, 0.3) is 0 Å². The maximum atomic E-state index is 6.25. The summed E-state index contributed by atoms with van der Waals surface area (Å²) in [6, 6.07) is 0.160. The highest BCUT2D eigenvalue weighted by molar-refractivity contribution is 5.15. The van der Waals surface area contributed by atoms with Crippen molar-refractivity contribution in [2.24, 2.45) is 11.7 Å². The van der Waals surface area contributed by atoms with Gasteiger partial charge in [0.15, 0.2) is 0 Å². The third kappa shape index (κ3) is 2.01. The largest absolute Gasteiger partial charge is 0.376 e. The second-order valence-corrected chi connectivity index (χ2v) is 4.65. The molecule has 1 fully saturated rings. The van der Waals surface area contributed by atoms with Crippen LogP contribution in [0.15, 0.2) is 11.6 Å². The summed E-state index contributed by atoms with van der Waals surface area (Å²) in [6.45, 7) is 3.15. The van der Waals surface area contributed by atoms with E-state index in [4.69, 9.17) is 10.5 Å². The summed E-state index contributed by atoms with van der Waals surface area (Å²) in [5.41, 5.74) is 7.69. The van der Waals surface area contributed by atoms with E-state index < -0.39 is 0 Å². The molecule has 1 aliphatic carbocycles. The lowest BCUT2D eigenvalue weighted by Gasteiger charge is -2.26. The molecule has 0 saturated carbocycles. The molecular weight excluding hydrogens is 174 g/mol. The van der Waals surface area contributed by atoms with Crippen LogP contribution >= 0.6 is 0 Å². The highest BCUT2D eigenvalue weighted by atomic mass is 16.5. The summed E-state index contributed by atoms with van der Waals surface area (Å²) >= 11 is 0. The summed E-state index contributed by atoms with van der Waals surface area (Å²) in [7, 11) is 0. The van der Waals surface area contributed by atoms with Crippen molar-refractivity contribution in [3.8, 4) is 0 Å². The molecule has 14 heavy (non-hydrogen) atoms. The third-order valence-corrected chi connectivity index (χ3v) is 3.55. The molecule has 0 amide bonds. The second-order valence-electron chi connectivity index (χ2n) is 4.65. The van der Waals surface area contributed by atoms with Gasteiger partial charge in [-0.05, 0) is 38.0 Å². The maximum Gasteiger partial charge on any atom is 0.0790 e. The van der Waals surface area contributed by atoms with Gasteiger partial charge >= 0.3 is 0 Å². The van der Waals surface area contributed by atoms with Gasteiger partial charge in [-0.25, -0.2) is 0 Å². The summed E-state index contributed by atoms with van der Waals surface area (Å²) in [5, 5.41) is 0. The number of rotatable bonds is 2. The Morgan fingerprint density at radius 3 is 2.93 bits per heavy atom. The highest BCUT2D eigenvalue weighted by Gasteiger charge is 2.31.